The molecule has 1 aliphatic carbocycles. The van der Waals surface area contributed by atoms with Gasteiger partial charge in [-0.3, -0.25) is 4.57 Å². The van der Waals surface area contributed by atoms with Gasteiger partial charge in [0.25, 0.3) is 0 Å². The molecule has 0 unspecified atom stereocenters. The fourth-order valence-corrected chi connectivity index (χ4v) is 2.73. The lowest BCUT2D eigenvalue weighted by atomic mass is 9.96. The van der Waals surface area contributed by atoms with Gasteiger partial charge in [-0.15, -0.1) is 0 Å². The number of rotatable bonds is 2. The van der Waals surface area contributed by atoms with Gasteiger partial charge in [0, 0.05) is 17.8 Å². The summed E-state index contributed by atoms with van der Waals surface area (Å²) in [4.78, 5) is 16.0. The molecule has 0 saturated heterocycles. The molecule has 1 fully saturated rings. The van der Waals surface area contributed by atoms with Crippen LogP contribution in [0.25, 0.3) is 0 Å². The van der Waals surface area contributed by atoms with E-state index in [4.69, 9.17) is 4.74 Å². The average molecular weight is 250 g/mol. The van der Waals surface area contributed by atoms with E-state index >= 15 is 0 Å². The fraction of sp³-hybridized carbons (Fsp3) is 0.714. The molecule has 4 nitrogen and oxygen atoms in total. The summed E-state index contributed by atoms with van der Waals surface area (Å²) < 4.78 is 6.90. The molecule has 0 aromatic carbocycles. The first-order chi connectivity index (χ1) is 8.72. The Morgan fingerprint density at radius 2 is 1.83 bits per heavy atom. The summed E-state index contributed by atoms with van der Waals surface area (Å²) in [5, 5.41) is 0. The third-order valence-corrected chi connectivity index (χ3v) is 3.75. The summed E-state index contributed by atoms with van der Waals surface area (Å²) in [6.07, 6.45) is 10.4. The third-order valence-electron chi connectivity index (χ3n) is 3.75. The predicted octanol–water partition coefficient (Wildman–Crippen LogP) is 2.85. The normalized spacial score (nSPS) is 18.1. The second-order valence-electron chi connectivity index (χ2n) is 5.12. The number of nitrogens with zero attached hydrogens (tertiary/aromatic N) is 2. The number of hydrogen-bond acceptors (Lipinski definition) is 3. The summed E-state index contributed by atoms with van der Waals surface area (Å²) >= 11 is 0. The van der Waals surface area contributed by atoms with Crippen molar-refractivity contribution in [3.63, 3.8) is 0 Å². The van der Waals surface area contributed by atoms with Crippen LogP contribution in [0.15, 0.2) is 11.0 Å². The lowest BCUT2D eigenvalue weighted by molar-refractivity contribution is 0.348. The molecule has 0 bridgehead atoms. The number of ether oxygens (including phenoxy) is 1. The fourth-order valence-electron chi connectivity index (χ4n) is 2.73. The molecule has 0 N–H and O–H groups in total. The van der Waals surface area contributed by atoms with Gasteiger partial charge in [0.05, 0.1) is 7.11 Å². The Morgan fingerprint density at radius 3 is 2.44 bits per heavy atom. The zero-order chi connectivity index (χ0) is 13.0. The Bertz CT molecular complexity index is 446. The Kier molecular flexibility index (Phi) is 4.39. The molecule has 1 saturated carbocycles. The van der Waals surface area contributed by atoms with E-state index in [0.717, 1.165) is 18.4 Å². The van der Waals surface area contributed by atoms with Crippen molar-refractivity contribution in [1.29, 1.82) is 0 Å². The largest absolute Gasteiger partial charge is 0.481 e. The minimum absolute atomic E-state index is 0.178. The van der Waals surface area contributed by atoms with E-state index in [9.17, 15) is 4.79 Å². The number of aromatic nitrogens is 2. The molecule has 2 rings (SSSR count). The minimum Gasteiger partial charge on any atom is -0.481 e. The van der Waals surface area contributed by atoms with Gasteiger partial charge in [-0.05, 0) is 19.8 Å². The molecule has 0 atom stereocenters. The molecule has 1 heterocycles. The summed E-state index contributed by atoms with van der Waals surface area (Å²) in [5.41, 5.74) is 0.752. The van der Waals surface area contributed by atoms with Gasteiger partial charge in [0.1, 0.15) is 0 Å². The van der Waals surface area contributed by atoms with Crippen molar-refractivity contribution >= 4 is 0 Å². The van der Waals surface area contributed by atoms with Gasteiger partial charge in [-0.1, -0.05) is 32.1 Å². The third kappa shape index (κ3) is 2.92. The van der Waals surface area contributed by atoms with Crippen LogP contribution in [0.5, 0.6) is 5.88 Å². The highest BCUT2D eigenvalue weighted by Crippen LogP contribution is 2.26. The Morgan fingerprint density at radius 1 is 1.22 bits per heavy atom. The number of hydrogen-bond donors (Lipinski definition) is 0. The maximum absolute atomic E-state index is 12.0. The van der Waals surface area contributed by atoms with Crippen LogP contribution in [0.1, 0.15) is 56.6 Å². The topological polar surface area (TPSA) is 44.1 Å². The van der Waals surface area contributed by atoms with Crippen LogP contribution in [0.2, 0.25) is 0 Å². The molecule has 4 heteroatoms. The van der Waals surface area contributed by atoms with Gasteiger partial charge < -0.3 is 4.74 Å². The summed E-state index contributed by atoms with van der Waals surface area (Å²) in [6, 6.07) is 0.315. The van der Waals surface area contributed by atoms with Crippen LogP contribution in [-0.2, 0) is 0 Å². The maximum atomic E-state index is 12.0. The molecule has 0 amide bonds. The molecule has 100 valence electrons. The van der Waals surface area contributed by atoms with Crippen molar-refractivity contribution in [2.75, 3.05) is 7.11 Å². The summed E-state index contributed by atoms with van der Waals surface area (Å²) in [6.45, 7) is 1.94. The lowest BCUT2D eigenvalue weighted by Gasteiger charge is -2.22. The second-order valence-corrected chi connectivity index (χ2v) is 5.12. The van der Waals surface area contributed by atoms with Crippen LogP contribution in [0.3, 0.4) is 0 Å². The first-order valence-corrected chi connectivity index (χ1v) is 6.86. The molecular weight excluding hydrogens is 228 g/mol. The number of methoxy groups -OCH3 is 1. The molecule has 1 aromatic heterocycles. The van der Waals surface area contributed by atoms with Gasteiger partial charge >= 0.3 is 5.69 Å². The quantitative estimate of drug-likeness (QED) is 0.810. The Balaban J connectivity index is 2.25. The Labute approximate surface area is 108 Å². The second kappa shape index (κ2) is 6.03. The van der Waals surface area contributed by atoms with Crippen LogP contribution in [-0.4, -0.2) is 16.7 Å². The van der Waals surface area contributed by atoms with Crippen LogP contribution in [0, 0.1) is 6.92 Å². The van der Waals surface area contributed by atoms with Crippen molar-refractivity contribution in [2.45, 2.75) is 57.9 Å². The first kappa shape index (κ1) is 13.1. The van der Waals surface area contributed by atoms with Crippen molar-refractivity contribution in [3.8, 4) is 5.88 Å². The van der Waals surface area contributed by atoms with E-state index in [-0.39, 0.29) is 5.69 Å². The standard InChI is InChI=1S/C14H22N2O2/c1-11-10-16(14(17)15-13(11)18-2)12-8-6-4-3-5-7-9-12/h10,12H,3-9H2,1-2H3. The van der Waals surface area contributed by atoms with Gasteiger partial charge in [-0.25, -0.2) is 4.79 Å². The minimum atomic E-state index is -0.178. The zero-order valence-electron chi connectivity index (χ0n) is 11.3. The summed E-state index contributed by atoms with van der Waals surface area (Å²) in [7, 11) is 1.55. The van der Waals surface area contributed by atoms with Gasteiger partial charge in [0.2, 0.25) is 5.88 Å². The molecular formula is C14H22N2O2. The molecule has 1 aromatic rings. The van der Waals surface area contributed by atoms with E-state index in [1.54, 1.807) is 7.11 Å². The van der Waals surface area contributed by atoms with Gasteiger partial charge in [-0.2, -0.15) is 4.98 Å². The van der Waals surface area contributed by atoms with Crippen molar-refractivity contribution in [2.24, 2.45) is 0 Å². The maximum Gasteiger partial charge on any atom is 0.351 e. The molecule has 0 radical (unpaired) electrons. The average Bonchev–Trinajstić information content (AvgIpc) is 2.32. The van der Waals surface area contributed by atoms with Crippen LogP contribution < -0.4 is 10.4 Å². The van der Waals surface area contributed by atoms with Crippen molar-refractivity contribution in [1.82, 2.24) is 9.55 Å². The molecule has 18 heavy (non-hydrogen) atoms. The van der Waals surface area contributed by atoms with E-state index in [1.165, 1.54) is 32.1 Å². The SMILES string of the molecule is COc1nc(=O)n(C2CCCCCCC2)cc1C. The van der Waals surface area contributed by atoms with Crippen LogP contribution in [0.4, 0.5) is 0 Å². The van der Waals surface area contributed by atoms with Crippen LogP contribution >= 0.6 is 0 Å². The predicted molar refractivity (Wildman–Crippen MR) is 71.1 cm³/mol. The highest BCUT2D eigenvalue weighted by molar-refractivity contribution is 5.20. The van der Waals surface area contributed by atoms with Gasteiger partial charge in [0.15, 0.2) is 0 Å². The molecule has 1 aliphatic rings. The monoisotopic (exact) mass is 250 g/mol. The van der Waals surface area contributed by atoms with E-state index < -0.39 is 0 Å². The highest BCUT2D eigenvalue weighted by atomic mass is 16.5. The summed E-state index contributed by atoms with van der Waals surface area (Å²) in [5.74, 6) is 0.446. The first-order valence-electron chi connectivity index (χ1n) is 6.86. The highest BCUT2D eigenvalue weighted by Gasteiger charge is 2.16. The molecule has 0 spiro atoms. The van der Waals surface area contributed by atoms with E-state index in [1.807, 2.05) is 17.7 Å². The lowest BCUT2D eigenvalue weighted by Crippen LogP contribution is -2.28. The number of aryl methyl sites for hydroxylation is 1. The van der Waals surface area contributed by atoms with E-state index in [2.05, 4.69) is 4.98 Å². The van der Waals surface area contributed by atoms with Crippen molar-refractivity contribution < 1.29 is 4.74 Å². The smallest absolute Gasteiger partial charge is 0.351 e. The molecule has 0 aliphatic heterocycles. The zero-order valence-corrected chi connectivity index (χ0v) is 11.3. The Hall–Kier alpha value is -1.32. The van der Waals surface area contributed by atoms with Crippen molar-refractivity contribution in [3.05, 3.63) is 22.2 Å². The van der Waals surface area contributed by atoms with E-state index in [0.29, 0.717) is 11.9 Å².